The van der Waals surface area contributed by atoms with Crippen molar-refractivity contribution in [1.82, 2.24) is 5.32 Å². The van der Waals surface area contributed by atoms with E-state index < -0.39 is 30.4 Å². The molecule has 8 heteroatoms. The number of anilines is 1. The molecule has 0 aromatic heterocycles. The second-order valence-corrected chi connectivity index (χ2v) is 4.22. The Labute approximate surface area is 119 Å². The van der Waals surface area contributed by atoms with Crippen LogP contribution in [0.2, 0.25) is 0 Å². The van der Waals surface area contributed by atoms with Crippen molar-refractivity contribution in [3.63, 3.8) is 0 Å². The van der Waals surface area contributed by atoms with Gasteiger partial charge in [0.05, 0.1) is 6.42 Å². The topological polar surface area (TPSA) is 133 Å². The number of nitrogens with one attached hydrogen (secondary N) is 2. The van der Waals surface area contributed by atoms with Gasteiger partial charge >= 0.3 is 18.0 Å². The normalized spacial score (nSPS) is 11.3. The number of Topliss-reactive ketones (excluding diaryl/α,β-unsaturated/α-hetero) is 1. The first kappa shape index (κ1) is 16.2. The van der Waals surface area contributed by atoms with Crippen LogP contribution >= 0.6 is 0 Å². The van der Waals surface area contributed by atoms with Crippen molar-refractivity contribution in [2.75, 3.05) is 5.32 Å². The second-order valence-electron chi connectivity index (χ2n) is 4.22. The van der Waals surface area contributed by atoms with Crippen molar-refractivity contribution in [2.24, 2.45) is 0 Å². The van der Waals surface area contributed by atoms with Gasteiger partial charge in [-0.05, 0) is 31.2 Å². The van der Waals surface area contributed by atoms with Crippen LogP contribution in [-0.4, -0.2) is 40.0 Å². The number of urea groups is 1. The first-order valence-electron chi connectivity index (χ1n) is 5.92. The minimum atomic E-state index is -1.53. The average molecular weight is 294 g/mol. The van der Waals surface area contributed by atoms with Crippen molar-refractivity contribution < 1.29 is 29.4 Å². The molecule has 0 aliphatic carbocycles. The van der Waals surface area contributed by atoms with E-state index in [4.69, 9.17) is 10.2 Å². The monoisotopic (exact) mass is 294 g/mol. The molecule has 0 saturated heterocycles. The first-order valence-corrected chi connectivity index (χ1v) is 5.92. The molecule has 0 aliphatic rings. The number of carboxylic acid groups (broad SMARTS) is 2. The predicted molar refractivity (Wildman–Crippen MR) is 72.3 cm³/mol. The lowest BCUT2D eigenvalue weighted by atomic mass is 10.1. The van der Waals surface area contributed by atoms with Crippen LogP contribution in [0.25, 0.3) is 0 Å². The summed E-state index contributed by atoms with van der Waals surface area (Å²) < 4.78 is 0. The maximum atomic E-state index is 11.6. The van der Waals surface area contributed by atoms with Gasteiger partial charge in [-0.15, -0.1) is 0 Å². The summed E-state index contributed by atoms with van der Waals surface area (Å²) in [6, 6.07) is 3.58. The highest BCUT2D eigenvalue weighted by Crippen LogP contribution is 2.10. The lowest BCUT2D eigenvalue weighted by molar-refractivity contribution is -0.145. The number of hydrogen-bond donors (Lipinski definition) is 4. The molecule has 21 heavy (non-hydrogen) atoms. The van der Waals surface area contributed by atoms with E-state index in [1.807, 2.05) is 5.32 Å². The van der Waals surface area contributed by atoms with Gasteiger partial charge < -0.3 is 20.8 Å². The molecule has 0 saturated carbocycles. The molecule has 0 fully saturated rings. The molecule has 1 atom stereocenters. The zero-order valence-electron chi connectivity index (χ0n) is 11.1. The Balaban J connectivity index is 2.65. The maximum Gasteiger partial charge on any atom is 0.326 e. The summed E-state index contributed by atoms with van der Waals surface area (Å²) in [5.74, 6) is -2.91. The van der Waals surface area contributed by atoms with Gasteiger partial charge in [-0.3, -0.25) is 9.59 Å². The van der Waals surface area contributed by atoms with Crippen LogP contribution in [0.1, 0.15) is 23.7 Å². The SMILES string of the molecule is CC(=O)c1ccc(NC(=O)NC(CC(=O)O)C(=O)O)cc1. The summed E-state index contributed by atoms with van der Waals surface area (Å²) >= 11 is 0. The minimum absolute atomic E-state index is 0.126. The highest BCUT2D eigenvalue weighted by molar-refractivity contribution is 5.96. The lowest BCUT2D eigenvalue weighted by Crippen LogP contribution is -2.44. The highest BCUT2D eigenvalue weighted by Gasteiger charge is 2.22. The third-order valence-corrected chi connectivity index (χ3v) is 2.53. The summed E-state index contributed by atoms with van der Waals surface area (Å²) in [7, 11) is 0. The number of carbonyl (C=O) groups is 4. The Hall–Kier alpha value is -2.90. The zero-order valence-corrected chi connectivity index (χ0v) is 11.1. The van der Waals surface area contributed by atoms with Gasteiger partial charge in [-0.2, -0.15) is 0 Å². The molecule has 4 N–H and O–H groups in total. The number of benzene rings is 1. The van der Waals surface area contributed by atoms with Crippen LogP contribution in [0.15, 0.2) is 24.3 Å². The van der Waals surface area contributed by atoms with Crippen LogP contribution in [-0.2, 0) is 9.59 Å². The summed E-state index contributed by atoms with van der Waals surface area (Å²) in [5, 5.41) is 21.7. The molecule has 112 valence electrons. The molecule has 1 aromatic carbocycles. The predicted octanol–water partition coefficient (Wildman–Crippen LogP) is 0.939. The van der Waals surface area contributed by atoms with Crippen LogP contribution in [0, 0.1) is 0 Å². The fourth-order valence-electron chi connectivity index (χ4n) is 1.49. The molecule has 0 aliphatic heterocycles. The fraction of sp³-hybridized carbons (Fsp3) is 0.231. The van der Waals surface area contributed by atoms with Gasteiger partial charge in [0.15, 0.2) is 5.78 Å². The van der Waals surface area contributed by atoms with E-state index in [1.165, 1.54) is 31.2 Å². The zero-order chi connectivity index (χ0) is 16.0. The molecule has 1 unspecified atom stereocenters. The highest BCUT2D eigenvalue weighted by atomic mass is 16.4. The van der Waals surface area contributed by atoms with Gasteiger partial charge in [0, 0.05) is 11.3 Å². The van der Waals surface area contributed by atoms with E-state index >= 15 is 0 Å². The second kappa shape index (κ2) is 7.04. The lowest BCUT2D eigenvalue weighted by Gasteiger charge is -2.13. The van der Waals surface area contributed by atoms with Crippen LogP contribution < -0.4 is 10.6 Å². The van der Waals surface area contributed by atoms with E-state index in [0.29, 0.717) is 11.3 Å². The number of carbonyl (C=O) groups excluding carboxylic acids is 2. The largest absolute Gasteiger partial charge is 0.481 e. The van der Waals surface area contributed by atoms with E-state index in [0.717, 1.165) is 0 Å². The van der Waals surface area contributed by atoms with Gasteiger partial charge in [0.2, 0.25) is 0 Å². The summed E-state index contributed by atoms with van der Waals surface area (Å²) in [5.41, 5.74) is 0.812. The number of ketones is 1. The molecule has 0 bridgehead atoms. The Kier molecular flexibility index (Phi) is 5.41. The smallest absolute Gasteiger partial charge is 0.326 e. The quantitative estimate of drug-likeness (QED) is 0.577. The van der Waals surface area contributed by atoms with Crippen molar-refractivity contribution in [3.05, 3.63) is 29.8 Å². The first-order chi connectivity index (χ1) is 9.79. The van der Waals surface area contributed by atoms with Crippen LogP contribution in [0.5, 0.6) is 0 Å². The van der Waals surface area contributed by atoms with E-state index in [9.17, 15) is 19.2 Å². The Morgan fingerprint density at radius 3 is 2.10 bits per heavy atom. The van der Waals surface area contributed by atoms with Gasteiger partial charge in [-0.1, -0.05) is 0 Å². The summed E-state index contributed by atoms with van der Waals surface area (Å²) in [6.07, 6.45) is -0.730. The Bertz CT molecular complexity index is 567. The van der Waals surface area contributed by atoms with Crippen molar-refractivity contribution >= 4 is 29.4 Å². The Morgan fingerprint density at radius 1 is 1.10 bits per heavy atom. The van der Waals surface area contributed by atoms with E-state index in [2.05, 4.69) is 5.32 Å². The molecule has 2 amide bonds. The molecule has 0 radical (unpaired) electrons. The molecule has 0 spiro atoms. The van der Waals surface area contributed by atoms with Crippen LogP contribution in [0.3, 0.4) is 0 Å². The van der Waals surface area contributed by atoms with E-state index in [1.54, 1.807) is 0 Å². The van der Waals surface area contributed by atoms with Gasteiger partial charge in [0.1, 0.15) is 6.04 Å². The van der Waals surface area contributed by atoms with Gasteiger partial charge in [0.25, 0.3) is 0 Å². The third kappa shape index (κ3) is 5.31. The van der Waals surface area contributed by atoms with Crippen LogP contribution in [0.4, 0.5) is 10.5 Å². The van der Waals surface area contributed by atoms with Crippen molar-refractivity contribution in [1.29, 1.82) is 0 Å². The maximum absolute atomic E-state index is 11.6. The molecule has 8 nitrogen and oxygen atoms in total. The standard InChI is InChI=1S/C13H14N2O6/c1-7(16)8-2-4-9(5-3-8)14-13(21)15-10(12(19)20)6-11(17)18/h2-5,10H,6H2,1H3,(H,17,18)(H,19,20)(H2,14,15,21). The van der Waals surface area contributed by atoms with Gasteiger partial charge in [-0.25, -0.2) is 9.59 Å². The molecular weight excluding hydrogens is 280 g/mol. The number of hydrogen-bond acceptors (Lipinski definition) is 4. The number of aliphatic carboxylic acids is 2. The van der Waals surface area contributed by atoms with Crippen molar-refractivity contribution in [2.45, 2.75) is 19.4 Å². The molecule has 1 rings (SSSR count). The average Bonchev–Trinajstić information content (AvgIpc) is 2.37. The third-order valence-electron chi connectivity index (χ3n) is 2.53. The fourth-order valence-corrected chi connectivity index (χ4v) is 1.49. The van der Waals surface area contributed by atoms with Crippen molar-refractivity contribution in [3.8, 4) is 0 Å². The minimum Gasteiger partial charge on any atom is -0.481 e. The number of carboxylic acids is 2. The molecule has 0 heterocycles. The summed E-state index contributed by atoms with van der Waals surface area (Å²) in [4.78, 5) is 44.0. The number of rotatable bonds is 6. The number of amides is 2. The Morgan fingerprint density at radius 2 is 1.67 bits per heavy atom. The molecular formula is C13H14N2O6. The molecule has 1 aromatic rings. The summed E-state index contributed by atoms with van der Waals surface area (Å²) in [6.45, 7) is 1.40. The van der Waals surface area contributed by atoms with E-state index in [-0.39, 0.29) is 5.78 Å².